The number of rotatable bonds is 38. The van der Waals surface area contributed by atoms with Gasteiger partial charge < -0.3 is 13.9 Å². The Balaban J connectivity index is 3.21. The maximum absolute atomic E-state index is 6.02. The van der Waals surface area contributed by atoms with Gasteiger partial charge in [-0.2, -0.15) is 0 Å². The first-order valence-electron chi connectivity index (χ1n) is 19.6. The molecule has 254 valence electrons. The van der Waals surface area contributed by atoms with E-state index in [1.54, 1.807) is 0 Å². The van der Waals surface area contributed by atoms with E-state index >= 15 is 0 Å². The zero-order valence-corrected chi connectivity index (χ0v) is 31.6. The van der Waals surface area contributed by atoms with E-state index in [0.717, 1.165) is 36.7 Å². The summed E-state index contributed by atoms with van der Waals surface area (Å²) in [5.74, 6) is 0. The lowest BCUT2D eigenvalue weighted by molar-refractivity contribution is -0.0831. The third-order valence-corrected chi connectivity index (χ3v) is 9.46. The van der Waals surface area contributed by atoms with Gasteiger partial charge >= 0.3 is 0 Å². The van der Waals surface area contributed by atoms with E-state index in [0.29, 0.717) is 0 Å². The Labute approximate surface area is 269 Å². The van der Waals surface area contributed by atoms with Gasteiger partial charge in [0.15, 0.2) is 0 Å². The van der Waals surface area contributed by atoms with Gasteiger partial charge in [-0.3, -0.25) is 0 Å². The summed E-state index contributed by atoms with van der Waals surface area (Å²) in [7, 11) is 0.782. The van der Waals surface area contributed by atoms with Crippen molar-refractivity contribution in [3.05, 3.63) is 0 Å². The first kappa shape index (κ1) is 42.1. The molecule has 0 spiro atoms. The van der Waals surface area contributed by atoms with Crippen molar-refractivity contribution in [3.63, 3.8) is 0 Å². The first-order chi connectivity index (χ1) is 20.8. The third kappa shape index (κ3) is 36.3. The van der Waals surface area contributed by atoms with Gasteiger partial charge in [0.2, 0.25) is 0 Å². The van der Waals surface area contributed by atoms with Crippen molar-refractivity contribution >= 4 is 10.5 Å². The first-order valence-corrected chi connectivity index (χ1v) is 20.4. The van der Waals surface area contributed by atoms with Gasteiger partial charge in [0.25, 0.3) is 0 Å². The normalized spacial score (nSPS) is 12.4. The van der Waals surface area contributed by atoms with Crippen LogP contribution in [0.3, 0.4) is 0 Å². The van der Waals surface area contributed by atoms with E-state index in [9.17, 15) is 0 Å². The largest absolute Gasteiger partial charge is 0.404 e. The van der Waals surface area contributed by atoms with Crippen LogP contribution in [0.5, 0.6) is 0 Å². The molecule has 1 unspecified atom stereocenters. The quantitative estimate of drug-likeness (QED) is 0.0394. The Morgan fingerprint density at radius 1 is 0.357 bits per heavy atom. The van der Waals surface area contributed by atoms with Crippen LogP contribution in [0, 0.1) is 0 Å². The molecule has 1 atom stereocenters. The standard InChI is InChI=1S/C38H80O3Si/c1-3-5-7-9-11-13-19-23-27-31-35-39-36-32-28-24-20-17-15-16-18-22-26-30-34-38(41-42)40-37-33-29-25-21-14-12-10-8-6-4-2/h38H,3-37H2,1-2,42H3. The van der Waals surface area contributed by atoms with Crippen LogP contribution in [-0.4, -0.2) is 36.6 Å². The topological polar surface area (TPSA) is 27.7 Å². The monoisotopic (exact) mass is 613 g/mol. The molecule has 0 heterocycles. The summed E-state index contributed by atoms with van der Waals surface area (Å²) in [6.07, 6.45) is 44.0. The molecule has 0 aromatic rings. The SMILES string of the molecule is CCCCCCCCCCCCOCCCCCCCCCCCCCC(O[SiH3])OCCCCCCCCCCCC. The van der Waals surface area contributed by atoms with Crippen molar-refractivity contribution in [1.82, 2.24) is 0 Å². The van der Waals surface area contributed by atoms with Gasteiger partial charge in [-0.15, -0.1) is 0 Å². The zero-order chi connectivity index (χ0) is 30.4. The maximum atomic E-state index is 6.02. The number of ether oxygens (including phenoxy) is 2. The Hall–Kier alpha value is 0.0969. The molecule has 0 aliphatic rings. The van der Waals surface area contributed by atoms with E-state index < -0.39 is 0 Å². The summed E-state index contributed by atoms with van der Waals surface area (Å²) in [4.78, 5) is 0. The molecule has 0 fully saturated rings. The van der Waals surface area contributed by atoms with Crippen LogP contribution in [0.4, 0.5) is 0 Å². The van der Waals surface area contributed by atoms with Gasteiger partial charge in [-0.25, -0.2) is 0 Å². The number of hydrogen-bond acceptors (Lipinski definition) is 3. The summed E-state index contributed by atoms with van der Waals surface area (Å²) < 4.78 is 17.6. The van der Waals surface area contributed by atoms with E-state index in [1.807, 2.05) is 0 Å². The second-order valence-corrected chi connectivity index (χ2v) is 13.7. The minimum Gasteiger partial charge on any atom is -0.404 e. The highest BCUT2D eigenvalue weighted by atomic mass is 28.2. The lowest BCUT2D eigenvalue weighted by atomic mass is 10.1. The Morgan fingerprint density at radius 2 is 0.643 bits per heavy atom. The highest BCUT2D eigenvalue weighted by Crippen LogP contribution is 2.15. The van der Waals surface area contributed by atoms with Gasteiger partial charge in [-0.1, -0.05) is 187 Å². The van der Waals surface area contributed by atoms with Gasteiger partial charge in [0, 0.05) is 19.8 Å². The van der Waals surface area contributed by atoms with E-state index in [2.05, 4.69) is 13.8 Å². The smallest absolute Gasteiger partial charge is 0.149 e. The van der Waals surface area contributed by atoms with Gasteiger partial charge in [0.05, 0.1) is 0 Å². The van der Waals surface area contributed by atoms with Crippen molar-refractivity contribution in [2.75, 3.05) is 19.8 Å². The van der Waals surface area contributed by atoms with E-state index in [-0.39, 0.29) is 6.29 Å². The van der Waals surface area contributed by atoms with Gasteiger partial charge in [-0.05, 0) is 32.1 Å². The van der Waals surface area contributed by atoms with Crippen LogP contribution >= 0.6 is 0 Å². The molecule has 0 amide bonds. The lowest BCUT2D eigenvalue weighted by Crippen LogP contribution is -2.16. The highest BCUT2D eigenvalue weighted by Gasteiger charge is 2.06. The number of unbranched alkanes of at least 4 members (excludes halogenated alkanes) is 28. The Morgan fingerprint density at radius 3 is 0.976 bits per heavy atom. The maximum Gasteiger partial charge on any atom is 0.149 e. The van der Waals surface area contributed by atoms with Crippen LogP contribution in [0.2, 0.25) is 0 Å². The predicted octanol–water partition coefficient (Wildman–Crippen LogP) is 12.2. The van der Waals surface area contributed by atoms with Crippen LogP contribution in [-0.2, 0) is 13.9 Å². The fourth-order valence-corrected chi connectivity index (χ4v) is 6.35. The molecular formula is C38H80O3Si. The molecular weight excluding hydrogens is 533 g/mol. The predicted molar refractivity (Wildman–Crippen MR) is 191 cm³/mol. The Kier molecular flexibility index (Phi) is 39.2. The summed E-state index contributed by atoms with van der Waals surface area (Å²) in [6.45, 7) is 7.43. The van der Waals surface area contributed by atoms with Crippen LogP contribution < -0.4 is 0 Å². The summed E-state index contributed by atoms with van der Waals surface area (Å²) in [6, 6.07) is 0. The molecule has 0 saturated carbocycles. The average Bonchev–Trinajstić information content (AvgIpc) is 3.00. The van der Waals surface area contributed by atoms with E-state index in [1.165, 1.54) is 199 Å². The molecule has 4 heteroatoms. The second-order valence-electron chi connectivity index (χ2n) is 13.2. The molecule has 0 rings (SSSR count). The van der Waals surface area contributed by atoms with Crippen molar-refractivity contribution in [3.8, 4) is 0 Å². The molecule has 0 bridgehead atoms. The van der Waals surface area contributed by atoms with Crippen molar-refractivity contribution in [2.45, 2.75) is 226 Å². The molecule has 3 nitrogen and oxygen atoms in total. The van der Waals surface area contributed by atoms with Crippen molar-refractivity contribution in [2.24, 2.45) is 0 Å². The minimum absolute atomic E-state index is 0.0698. The third-order valence-electron chi connectivity index (χ3n) is 8.94. The lowest BCUT2D eigenvalue weighted by Gasteiger charge is -2.16. The molecule has 0 radical (unpaired) electrons. The fourth-order valence-electron chi connectivity index (χ4n) is 5.97. The Bertz CT molecular complexity index is 462. The average molecular weight is 613 g/mol. The molecule has 42 heavy (non-hydrogen) atoms. The van der Waals surface area contributed by atoms with Crippen LogP contribution in [0.15, 0.2) is 0 Å². The minimum atomic E-state index is 0.0698. The fraction of sp³-hybridized carbons (Fsp3) is 1.00. The zero-order valence-electron chi connectivity index (χ0n) is 29.6. The number of hydrogen-bond donors (Lipinski definition) is 0. The van der Waals surface area contributed by atoms with Crippen molar-refractivity contribution in [1.29, 1.82) is 0 Å². The second kappa shape index (κ2) is 39.1. The molecule has 0 aromatic heterocycles. The molecule has 0 aliphatic heterocycles. The van der Waals surface area contributed by atoms with Crippen molar-refractivity contribution < 1.29 is 13.9 Å². The molecule has 0 saturated heterocycles. The summed E-state index contributed by atoms with van der Waals surface area (Å²) in [5.41, 5.74) is 0. The molecule has 0 aliphatic carbocycles. The summed E-state index contributed by atoms with van der Waals surface area (Å²) in [5, 5.41) is 0. The molecule has 0 N–H and O–H groups in total. The van der Waals surface area contributed by atoms with E-state index in [4.69, 9.17) is 13.9 Å². The van der Waals surface area contributed by atoms with Crippen LogP contribution in [0.1, 0.15) is 219 Å². The van der Waals surface area contributed by atoms with Gasteiger partial charge in [0.1, 0.15) is 16.8 Å². The summed E-state index contributed by atoms with van der Waals surface area (Å²) >= 11 is 0. The van der Waals surface area contributed by atoms with Crippen LogP contribution in [0.25, 0.3) is 0 Å². The molecule has 0 aromatic carbocycles. The highest BCUT2D eigenvalue weighted by molar-refractivity contribution is 5.98.